The van der Waals surface area contributed by atoms with E-state index in [0.717, 1.165) is 61.9 Å². The first-order valence-corrected chi connectivity index (χ1v) is 14.1. The van der Waals surface area contributed by atoms with Crippen molar-refractivity contribution in [1.29, 1.82) is 0 Å². The second-order valence-corrected chi connectivity index (χ2v) is 11.1. The molecule has 0 bridgehead atoms. The molecule has 0 amide bonds. The molecular formula is C37H27N3O2. The fourth-order valence-electron chi connectivity index (χ4n) is 6.17. The molecule has 5 nitrogen and oxygen atoms in total. The van der Waals surface area contributed by atoms with E-state index < -0.39 is 0 Å². The van der Waals surface area contributed by atoms with Crippen molar-refractivity contribution < 1.29 is 9.15 Å². The number of furan rings is 1. The summed E-state index contributed by atoms with van der Waals surface area (Å²) >= 11 is 0. The van der Waals surface area contributed by atoms with Crippen LogP contribution < -0.4 is 9.64 Å². The molecular weight excluding hydrogens is 518 g/mol. The van der Waals surface area contributed by atoms with Gasteiger partial charge in [0.2, 0.25) is 0 Å². The Labute approximate surface area is 243 Å². The van der Waals surface area contributed by atoms with Crippen LogP contribution in [0.25, 0.3) is 33.2 Å². The van der Waals surface area contributed by atoms with Gasteiger partial charge in [-0.2, -0.15) is 0 Å². The van der Waals surface area contributed by atoms with Gasteiger partial charge in [-0.1, -0.05) is 74.5 Å². The van der Waals surface area contributed by atoms with Crippen molar-refractivity contribution in [2.75, 3.05) is 4.90 Å². The zero-order chi connectivity index (χ0) is 28.3. The third-order valence-corrected chi connectivity index (χ3v) is 8.21. The highest BCUT2D eigenvalue weighted by atomic mass is 16.5. The van der Waals surface area contributed by atoms with Crippen LogP contribution in [0.4, 0.5) is 17.2 Å². The molecule has 0 saturated carbocycles. The molecule has 0 saturated heterocycles. The highest BCUT2D eigenvalue weighted by molar-refractivity contribution is 6.12. The van der Waals surface area contributed by atoms with Crippen molar-refractivity contribution in [1.82, 2.24) is 9.97 Å². The smallest absolute Gasteiger partial charge is 0.159 e. The number of hydrogen-bond acceptors (Lipinski definition) is 5. The minimum Gasteiger partial charge on any atom is -0.457 e. The van der Waals surface area contributed by atoms with Gasteiger partial charge in [0.1, 0.15) is 22.9 Å². The Balaban J connectivity index is 1.31. The average Bonchev–Trinajstić information content (AvgIpc) is 3.41. The van der Waals surface area contributed by atoms with Crippen LogP contribution >= 0.6 is 0 Å². The van der Waals surface area contributed by atoms with Gasteiger partial charge in [-0.15, -0.1) is 0 Å². The summed E-state index contributed by atoms with van der Waals surface area (Å²) in [6, 6.07) is 38.9. The standard InChI is InChI=1S/C37H27N3O2/c1-37(2)29-18-16-26(41-25-11-9-10-24(22-25)31-13-5-7-20-38-31)23-32(29)40(34-15-6-8-21-39-34)35-30(37)19-17-28-27-12-3-4-14-33(27)42-36(28)35/h3-23H,1-2H3. The van der Waals surface area contributed by atoms with Crippen molar-refractivity contribution in [3.05, 3.63) is 139 Å². The molecule has 7 aromatic rings. The zero-order valence-electron chi connectivity index (χ0n) is 23.3. The molecule has 0 fully saturated rings. The van der Waals surface area contributed by atoms with E-state index in [0.29, 0.717) is 0 Å². The molecule has 1 aliphatic heterocycles. The summed E-state index contributed by atoms with van der Waals surface area (Å²) in [7, 11) is 0. The van der Waals surface area contributed by atoms with E-state index in [-0.39, 0.29) is 5.41 Å². The quantitative estimate of drug-likeness (QED) is 0.220. The number of benzene rings is 4. The Morgan fingerprint density at radius 2 is 1.45 bits per heavy atom. The number of ether oxygens (including phenoxy) is 1. The number of pyridine rings is 2. The Hall–Kier alpha value is -5.42. The molecule has 202 valence electrons. The summed E-state index contributed by atoms with van der Waals surface area (Å²) in [6.07, 6.45) is 3.63. The lowest BCUT2D eigenvalue weighted by atomic mass is 9.73. The Bertz CT molecular complexity index is 2100. The molecule has 4 heterocycles. The number of para-hydroxylation sites is 1. The summed E-state index contributed by atoms with van der Waals surface area (Å²) in [5.74, 6) is 2.30. The predicted molar refractivity (Wildman–Crippen MR) is 168 cm³/mol. The van der Waals surface area contributed by atoms with Gasteiger partial charge in [0, 0.05) is 40.2 Å². The Kier molecular flexibility index (Phi) is 5.41. The molecule has 1 aliphatic rings. The van der Waals surface area contributed by atoms with Gasteiger partial charge in [0.05, 0.1) is 17.1 Å². The summed E-state index contributed by atoms with van der Waals surface area (Å²) in [4.78, 5) is 11.5. The number of nitrogens with zero attached hydrogens (tertiary/aromatic N) is 3. The Morgan fingerprint density at radius 3 is 2.29 bits per heavy atom. The normalized spacial score (nSPS) is 13.6. The number of anilines is 3. The van der Waals surface area contributed by atoms with Crippen LogP contribution in [0.2, 0.25) is 0 Å². The number of rotatable bonds is 4. The summed E-state index contributed by atoms with van der Waals surface area (Å²) in [5.41, 5.74) is 7.73. The number of hydrogen-bond donors (Lipinski definition) is 0. The lowest BCUT2D eigenvalue weighted by Gasteiger charge is -2.41. The largest absolute Gasteiger partial charge is 0.457 e. The van der Waals surface area contributed by atoms with Crippen LogP contribution in [0.5, 0.6) is 11.5 Å². The van der Waals surface area contributed by atoms with Crippen LogP contribution in [-0.4, -0.2) is 9.97 Å². The van der Waals surface area contributed by atoms with Crippen LogP contribution in [0.15, 0.2) is 132 Å². The average molecular weight is 546 g/mol. The van der Waals surface area contributed by atoms with Crippen LogP contribution in [-0.2, 0) is 5.41 Å². The number of fused-ring (bicyclic) bond motifs is 6. The maximum atomic E-state index is 6.59. The van der Waals surface area contributed by atoms with Crippen molar-refractivity contribution in [2.24, 2.45) is 0 Å². The van der Waals surface area contributed by atoms with Gasteiger partial charge in [-0.3, -0.25) is 9.88 Å². The van der Waals surface area contributed by atoms with E-state index in [9.17, 15) is 0 Å². The van der Waals surface area contributed by atoms with Crippen LogP contribution in [0.1, 0.15) is 25.0 Å². The SMILES string of the molecule is CC1(C)c2ccc(Oc3cccc(-c4ccccn4)c3)cc2N(c2ccccn2)c2c1ccc1c2oc2ccccc21. The molecule has 3 aromatic heterocycles. The third-order valence-electron chi connectivity index (χ3n) is 8.21. The molecule has 0 radical (unpaired) electrons. The second-order valence-electron chi connectivity index (χ2n) is 11.1. The van der Waals surface area contributed by atoms with E-state index in [1.165, 1.54) is 11.1 Å². The van der Waals surface area contributed by atoms with Gasteiger partial charge in [0.25, 0.3) is 0 Å². The summed E-state index contributed by atoms with van der Waals surface area (Å²) in [5, 5.41) is 2.19. The van der Waals surface area contributed by atoms with Crippen LogP contribution in [0, 0.1) is 0 Å². The molecule has 0 unspecified atom stereocenters. The number of aromatic nitrogens is 2. The molecule has 8 rings (SSSR count). The maximum absolute atomic E-state index is 6.59. The molecule has 0 atom stereocenters. The van der Waals surface area contributed by atoms with Crippen LogP contribution in [0.3, 0.4) is 0 Å². The monoisotopic (exact) mass is 545 g/mol. The van der Waals surface area contributed by atoms with Gasteiger partial charge < -0.3 is 9.15 Å². The van der Waals surface area contributed by atoms with E-state index in [1.807, 2.05) is 79.0 Å². The first-order valence-electron chi connectivity index (χ1n) is 14.1. The molecule has 0 N–H and O–H groups in total. The lowest BCUT2D eigenvalue weighted by molar-refractivity contribution is 0.482. The van der Waals surface area contributed by atoms with Crippen molar-refractivity contribution in [3.8, 4) is 22.8 Å². The zero-order valence-corrected chi connectivity index (χ0v) is 23.3. The first kappa shape index (κ1) is 24.4. The van der Waals surface area contributed by atoms with Gasteiger partial charge in [-0.25, -0.2) is 4.98 Å². The van der Waals surface area contributed by atoms with Gasteiger partial charge in [0.15, 0.2) is 5.58 Å². The highest BCUT2D eigenvalue weighted by Gasteiger charge is 2.39. The Morgan fingerprint density at radius 1 is 0.667 bits per heavy atom. The van der Waals surface area contributed by atoms with Gasteiger partial charge >= 0.3 is 0 Å². The lowest BCUT2D eigenvalue weighted by Crippen LogP contribution is -2.31. The molecule has 42 heavy (non-hydrogen) atoms. The molecule has 4 aromatic carbocycles. The fourth-order valence-corrected chi connectivity index (χ4v) is 6.17. The minimum atomic E-state index is -0.291. The predicted octanol–water partition coefficient (Wildman–Crippen LogP) is 9.94. The molecule has 0 spiro atoms. The molecule has 5 heteroatoms. The first-order chi connectivity index (χ1) is 20.6. The minimum absolute atomic E-state index is 0.291. The van der Waals surface area contributed by atoms with E-state index >= 15 is 0 Å². The van der Waals surface area contributed by atoms with E-state index in [1.54, 1.807) is 6.20 Å². The molecule has 0 aliphatic carbocycles. The van der Waals surface area contributed by atoms with Crippen molar-refractivity contribution in [2.45, 2.75) is 19.3 Å². The van der Waals surface area contributed by atoms with E-state index in [2.05, 4.69) is 66.2 Å². The van der Waals surface area contributed by atoms with Gasteiger partial charge in [-0.05, 0) is 59.7 Å². The summed E-state index contributed by atoms with van der Waals surface area (Å²) < 4.78 is 13.1. The van der Waals surface area contributed by atoms with E-state index in [4.69, 9.17) is 14.1 Å². The third kappa shape index (κ3) is 3.78. The maximum Gasteiger partial charge on any atom is 0.159 e. The topological polar surface area (TPSA) is 51.4 Å². The second kappa shape index (κ2) is 9.32. The van der Waals surface area contributed by atoms with Crippen molar-refractivity contribution >= 4 is 39.1 Å². The summed E-state index contributed by atoms with van der Waals surface area (Å²) in [6.45, 7) is 4.54. The highest BCUT2D eigenvalue weighted by Crippen LogP contribution is 2.55. The fraction of sp³-hybridized carbons (Fsp3) is 0.0811. The van der Waals surface area contributed by atoms with Crippen molar-refractivity contribution in [3.63, 3.8) is 0 Å².